The molecule has 3 aromatic carbocycles. The van der Waals surface area contributed by atoms with E-state index in [1.807, 2.05) is 23.1 Å². The zero-order valence-corrected chi connectivity index (χ0v) is 16.5. The van der Waals surface area contributed by atoms with Gasteiger partial charge in [0, 0.05) is 18.3 Å². The van der Waals surface area contributed by atoms with Crippen molar-refractivity contribution in [2.24, 2.45) is 0 Å². The topological polar surface area (TPSA) is 16.1 Å². The summed E-state index contributed by atoms with van der Waals surface area (Å²) in [6.07, 6.45) is 0. The maximum atomic E-state index is 4.78. The molecule has 1 aliphatic rings. The summed E-state index contributed by atoms with van der Waals surface area (Å²) in [5.74, 6) is 0. The van der Waals surface area contributed by atoms with E-state index in [1.165, 1.54) is 20.2 Å². The second-order valence-corrected chi connectivity index (χ2v) is 9.44. The molecule has 0 radical (unpaired) electrons. The monoisotopic (exact) mass is 388 g/mol. The van der Waals surface area contributed by atoms with Gasteiger partial charge in [-0.05, 0) is 23.3 Å². The lowest BCUT2D eigenvalue weighted by molar-refractivity contribution is 0.148. The van der Waals surface area contributed by atoms with Gasteiger partial charge in [0.1, 0.15) is 0 Å². The highest BCUT2D eigenvalue weighted by Crippen LogP contribution is 2.39. The Balaban J connectivity index is 1.32. The Morgan fingerprint density at radius 2 is 1.41 bits per heavy atom. The van der Waals surface area contributed by atoms with Crippen molar-refractivity contribution in [2.45, 2.75) is 15.6 Å². The lowest BCUT2D eigenvalue weighted by atomic mass is 9.94. The third-order valence-corrected chi connectivity index (χ3v) is 7.31. The highest BCUT2D eigenvalue weighted by molar-refractivity contribution is 8.01. The van der Waals surface area contributed by atoms with Gasteiger partial charge in [-0.25, -0.2) is 4.98 Å². The van der Waals surface area contributed by atoms with Crippen molar-refractivity contribution in [1.82, 2.24) is 9.88 Å². The van der Waals surface area contributed by atoms with Gasteiger partial charge in [-0.3, -0.25) is 4.90 Å². The molecule has 27 heavy (non-hydrogen) atoms. The molecule has 134 valence electrons. The number of rotatable bonds is 5. The first-order chi connectivity index (χ1) is 13.4. The smallest absolute Gasteiger partial charge is 0.151 e. The van der Waals surface area contributed by atoms with Crippen LogP contribution in [0.1, 0.15) is 17.2 Å². The van der Waals surface area contributed by atoms with Gasteiger partial charge in [0.2, 0.25) is 0 Å². The van der Waals surface area contributed by atoms with Gasteiger partial charge in [0.25, 0.3) is 0 Å². The van der Waals surface area contributed by atoms with Crippen LogP contribution in [0.2, 0.25) is 0 Å². The van der Waals surface area contributed by atoms with Gasteiger partial charge in [-0.2, -0.15) is 0 Å². The Bertz CT molecular complexity index is 951. The summed E-state index contributed by atoms with van der Waals surface area (Å²) < 4.78 is 2.47. The van der Waals surface area contributed by atoms with Crippen molar-refractivity contribution < 1.29 is 0 Å². The minimum Gasteiger partial charge on any atom is -0.290 e. The first kappa shape index (κ1) is 17.0. The van der Waals surface area contributed by atoms with Gasteiger partial charge >= 0.3 is 0 Å². The molecule has 1 aromatic heterocycles. The van der Waals surface area contributed by atoms with Gasteiger partial charge in [0.15, 0.2) is 4.34 Å². The van der Waals surface area contributed by atoms with Crippen LogP contribution < -0.4 is 0 Å². The van der Waals surface area contributed by atoms with Crippen molar-refractivity contribution in [1.29, 1.82) is 0 Å². The van der Waals surface area contributed by atoms with Crippen molar-refractivity contribution in [3.05, 3.63) is 96.1 Å². The quantitative estimate of drug-likeness (QED) is 0.426. The minimum atomic E-state index is 0.333. The average molecular weight is 389 g/mol. The fraction of sp³-hybridized carbons (Fsp3) is 0.174. The molecule has 0 bridgehead atoms. The molecule has 1 saturated heterocycles. The maximum Gasteiger partial charge on any atom is 0.151 e. The molecule has 0 spiro atoms. The number of thioether (sulfide) groups is 1. The molecule has 0 atom stereocenters. The Labute approximate surface area is 167 Å². The van der Waals surface area contributed by atoms with E-state index in [4.69, 9.17) is 4.98 Å². The van der Waals surface area contributed by atoms with Gasteiger partial charge in [0.05, 0.1) is 16.3 Å². The fourth-order valence-electron chi connectivity index (χ4n) is 3.68. The van der Waals surface area contributed by atoms with Crippen LogP contribution in [0.4, 0.5) is 0 Å². The average Bonchev–Trinajstić information content (AvgIpc) is 3.10. The predicted octanol–water partition coefficient (Wildman–Crippen LogP) is 5.86. The summed E-state index contributed by atoms with van der Waals surface area (Å²) in [6.45, 7) is 2.18. The molecule has 4 heteroatoms. The van der Waals surface area contributed by atoms with E-state index in [2.05, 4.69) is 89.8 Å². The predicted molar refractivity (Wildman–Crippen MR) is 116 cm³/mol. The number of thiazole rings is 1. The molecule has 5 rings (SSSR count). The number of aromatic nitrogens is 1. The summed E-state index contributed by atoms with van der Waals surface area (Å²) >= 11 is 3.74. The highest BCUT2D eigenvalue weighted by Gasteiger charge is 2.35. The van der Waals surface area contributed by atoms with Crippen LogP contribution in [0.3, 0.4) is 0 Å². The zero-order valence-electron chi connectivity index (χ0n) is 14.9. The number of para-hydroxylation sites is 1. The van der Waals surface area contributed by atoms with E-state index in [9.17, 15) is 0 Å². The Morgan fingerprint density at radius 3 is 2.04 bits per heavy atom. The third-order valence-electron chi connectivity index (χ3n) is 5.01. The maximum absolute atomic E-state index is 4.78. The van der Waals surface area contributed by atoms with Gasteiger partial charge in [-0.1, -0.05) is 84.6 Å². The molecule has 0 unspecified atom stereocenters. The third kappa shape index (κ3) is 3.53. The van der Waals surface area contributed by atoms with Crippen LogP contribution in [0.15, 0.2) is 89.3 Å². The van der Waals surface area contributed by atoms with Gasteiger partial charge in [-0.15, -0.1) is 11.3 Å². The number of hydrogen-bond acceptors (Lipinski definition) is 4. The van der Waals surface area contributed by atoms with Crippen molar-refractivity contribution in [3.63, 3.8) is 0 Å². The zero-order chi connectivity index (χ0) is 18.1. The normalized spacial score (nSPS) is 15.3. The molecular formula is C23H20N2S2. The second kappa shape index (κ2) is 7.47. The van der Waals surface area contributed by atoms with E-state index in [1.54, 1.807) is 0 Å². The Kier molecular flexibility index (Phi) is 4.70. The molecule has 0 N–H and O–H groups in total. The molecule has 4 aromatic rings. The number of likely N-dealkylation sites (tertiary alicyclic amines) is 1. The standard InChI is InChI=1S/C23H20N2S2/c1-3-9-17(10-4-1)22(18-11-5-2-6-12-18)25-15-19(16-25)26-23-24-20-13-7-8-14-21(20)27-23/h1-14,19,22H,15-16H2. The Hall–Kier alpha value is -2.14. The van der Waals surface area contributed by atoms with E-state index in [-0.39, 0.29) is 0 Å². The van der Waals surface area contributed by atoms with Crippen molar-refractivity contribution in [3.8, 4) is 0 Å². The number of hydrogen-bond donors (Lipinski definition) is 0. The largest absolute Gasteiger partial charge is 0.290 e. The van der Waals surface area contributed by atoms with Crippen LogP contribution in [-0.4, -0.2) is 28.2 Å². The van der Waals surface area contributed by atoms with Crippen molar-refractivity contribution in [2.75, 3.05) is 13.1 Å². The molecule has 1 fully saturated rings. The first-order valence-corrected chi connectivity index (χ1v) is 10.9. The summed E-state index contributed by atoms with van der Waals surface area (Å²) in [5, 5.41) is 0.612. The molecule has 2 heterocycles. The fourth-order valence-corrected chi connectivity index (χ4v) is 6.22. The van der Waals surface area contributed by atoms with Crippen LogP contribution in [0, 0.1) is 0 Å². The summed E-state index contributed by atoms with van der Waals surface area (Å²) in [4.78, 5) is 7.36. The van der Waals surface area contributed by atoms with Crippen LogP contribution in [-0.2, 0) is 0 Å². The van der Waals surface area contributed by atoms with Gasteiger partial charge < -0.3 is 0 Å². The van der Waals surface area contributed by atoms with E-state index < -0.39 is 0 Å². The molecule has 0 aliphatic carbocycles. The van der Waals surface area contributed by atoms with E-state index in [0.717, 1.165) is 18.6 Å². The summed E-state index contributed by atoms with van der Waals surface area (Å²) in [5.41, 5.74) is 3.85. The van der Waals surface area contributed by atoms with E-state index >= 15 is 0 Å². The lowest BCUT2D eigenvalue weighted by Crippen LogP contribution is -2.50. The molecule has 2 nitrogen and oxygen atoms in total. The summed E-state index contributed by atoms with van der Waals surface area (Å²) in [6, 6.07) is 30.4. The molecular weight excluding hydrogens is 368 g/mol. The summed E-state index contributed by atoms with van der Waals surface area (Å²) in [7, 11) is 0. The number of benzene rings is 3. The SMILES string of the molecule is c1ccc(C(c2ccccc2)N2CC(Sc3nc4ccccc4s3)C2)cc1. The highest BCUT2D eigenvalue weighted by atomic mass is 32.2. The lowest BCUT2D eigenvalue weighted by Gasteiger charge is -2.44. The Morgan fingerprint density at radius 1 is 0.815 bits per heavy atom. The van der Waals surface area contributed by atoms with Crippen LogP contribution >= 0.6 is 23.1 Å². The van der Waals surface area contributed by atoms with E-state index in [0.29, 0.717) is 11.3 Å². The van der Waals surface area contributed by atoms with Crippen molar-refractivity contribution >= 4 is 33.3 Å². The van der Waals surface area contributed by atoms with Crippen LogP contribution in [0.5, 0.6) is 0 Å². The molecule has 0 saturated carbocycles. The number of nitrogens with zero attached hydrogens (tertiary/aromatic N) is 2. The van der Waals surface area contributed by atoms with Crippen LogP contribution in [0.25, 0.3) is 10.2 Å². The number of fused-ring (bicyclic) bond motifs is 1. The molecule has 0 amide bonds. The molecule has 1 aliphatic heterocycles. The first-order valence-electron chi connectivity index (χ1n) is 9.23. The minimum absolute atomic E-state index is 0.333. The second-order valence-electron chi connectivity index (χ2n) is 6.87.